The van der Waals surface area contributed by atoms with E-state index in [2.05, 4.69) is 5.73 Å². The molecule has 0 aromatic heterocycles. The summed E-state index contributed by atoms with van der Waals surface area (Å²) in [5.74, 6) is -2.77. The molecule has 0 atom stereocenters. The fourth-order valence-electron chi connectivity index (χ4n) is 0.0450. The molecule has 0 radical (unpaired) electrons. The van der Waals surface area contributed by atoms with Crippen molar-refractivity contribution in [3.8, 4) is 0 Å². The highest BCUT2D eigenvalue weighted by Crippen LogP contribution is 1.65. The van der Waals surface area contributed by atoms with Crippen LogP contribution in [-0.4, -0.2) is 11.8 Å². The van der Waals surface area contributed by atoms with Gasteiger partial charge in [0.1, 0.15) is 0 Å². The molecule has 0 rings (SSSR count). The van der Waals surface area contributed by atoms with Crippen LogP contribution >= 0.6 is 0 Å². The van der Waals surface area contributed by atoms with Crippen molar-refractivity contribution in [1.29, 1.82) is 0 Å². The number of amides is 2. The van der Waals surface area contributed by atoms with Crippen molar-refractivity contribution in [3.05, 3.63) is 4.91 Å². The lowest BCUT2D eigenvalue weighted by molar-refractivity contribution is -0.135. The summed E-state index contributed by atoms with van der Waals surface area (Å²) in [5, 5.41) is 1.72. The molecule has 0 fully saturated rings. The summed E-state index contributed by atoms with van der Waals surface area (Å²) in [4.78, 5) is 28.1. The van der Waals surface area contributed by atoms with Crippen LogP contribution in [0.2, 0.25) is 0 Å². The van der Waals surface area contributed by atoms with E-state index in [0.717, 1.165) is 0 Å². The maximum atomic E-state index is 9.56. The van der Waals surface area contributed by atoms with Gasteiger partial charge >= 0.3 is 11.8 Å². The smallest absolute Gasteiger partial charge is 0.361 e. The molecule has 0 saturated carbocycles. The second-order valence-electron chi connectivity index (χ2n) is 0.761. The molecule has 0 aromatic rings. The predicted molar refractivity (Wildman–Crippen MR) is 20.0 cm³/mol. The first-order valence-electron chi connectivity index (χ1n) is 1.35. The number of hydrogen-bond acceptors (Lipinski definition) is 3. The Morgan fingerprint density at radius 1 is 1.43 bits per heavy atom. The molecule has 0 saturated heterocycles. The summed E-state index contributed by atoms with van der Waals surface area (Å²) in [6, 6.07) is 0. The third-order valence-electron chi connectivity index (χ3n) is 0.294. The van der Waals surface area contributed by atoms with Gasteiger partial charge in [-0.15, -0.1) is 4.91 Å². The predicted octanol–water partition coefficient (Wildman–Crippen LogP) is -1.24. The first kappa shape index (κ1) is 5.74. The van der Waals surface area contributed by atoms with Gasteiger partial charge < -0.3 is 5.73 Å². The number of carbonyl (C=O) groups is 2. The van der Waals surface area contributed by atoms with E-state index in [1.54, 1.807) is 5.18 Å². The van der Waals surface area contributed by atoms with E-state index in [9.17, 15) is 9.59 Å². The average molecular weight is 102 g/mol. The van der Waals surface area contributed by atoms with Gasteiger partial charge in [0.2, 0.25) is 0 Å². The van der Waals surface area contributed by atoms with Crippen LogP contribution in [-0.2, 0) is 9.59 Å². The Bertz CT molecular complexity index is 118. The summed E-state index contributed by atoms with van der Waals surface area (Å²) in [6.45, 7) is 0. The standard InChI is InChI=1S/C2H2N2O3/c3-1(5)2(6)4-7/h(H2,3,5). The van der Waals surface area contributed by atoms with Crippen molar-refractivity contribution in [3.63, 3.8) is 0 Å². The van der Waals surface area contributed by atoms with Crippen LogP contribution in [0.15, 0.2) is 5.18 Å². The molecule has 5 heteroatoms. The third-order valence-corrected chi connectivity index (χ3v) is 0.294. The Morgan fingerprint density at radius 3 is 1.86 bits per heavy atom. The van der Waals surface area contributed by atoms with Crippen LogP contribution in [0, 0.1) is 4.91 Å². The monoisotopic (exact) mass is 102 g/mol. The van der Waals surface area contributed by atoms with Crippen molar-refractivity contribution in [1.82, 2.24) is 0 Å². The first-order chi connectivity index (χ1) is 3.18. The van der Waals surface area contributed by atoms with Crippen molar-refractivity contribution < 1.29 is 9.59 Å². The number of hydrogen-bond donors (Lipinski definition) is 1. The number of nitrogens with two attached hydrogens (primary N) is 1. The van der Waals surface area contributed by atoms with E-state index < -0.39 is 11.8 Å². The molecule has 0 aromatic carbocycles. The maximum Gasteiger partial charge on any atom is 0.373 e. The summed E-state index contributed by atoms with van der Waals surface area (Å²) in [6.07, 6.45) is 0. The van der Waals surface area contributed by atoms with E-state index in [1.165, 1.54) is 0 Å². The van der Waals surface area contributed by atoms with Crippen molar-refractivity contribution in [2.45, 2.75) is 0 Å². The minimum Gasteiger partial charge on any atom is -0.361 e. The molecule has 0 spiro atoms. The maximum absolute atomic E-state index is 9.56. The van der Waals surface area contributed by atoms with Gasteiger partial charge in [0, 0.05) is 5.18 Å². The van der Waals surface area contributed by atoms with Crippen LogP contribution < -0.4 is 5.73 Å². The number of primary amides is 1. The lowest BCUT2D eigenvalue weighted by Crippen LogP contribution is -2.20. The number of nitrogens with zero attached hydrogens (tertiary/aromatic N) is 1. The number of carbonyl (C=O) groups excluding carboxylic acids is 2. The van der Waals surface area contributed by atoms with Gasteiger partial charge in [-0.05, 0) is 0 Å². The third kappa shape index (κ3) is 1.58. The Kier molecular flexibility index (Phi) is 1.65. The van der Waals surface area contributed by atoms with E-state index in [0.29, 0.717) is 0 Å². The van der Waals surface area contributed by atoms with Crippen LogP contribution in [0.1, 0.15) is 0 Å². The molecule has 0 bridgehead atoms. The fourth-order valence-corrected chi connectivity index (χ4v) is 0.0450. The summed E-state index contributed by atoms with van der Waals surface area (Å²) < 4.78 is 0. The zero-order valence-corrected chi connectivity index (χ0v) is 3.25. The second-order valence-corrected chi connectivity index (χ2v) is 0.761. The minimum atomic E-state index is -1.44. The fraction of sp³-hybridized carbons (Fsp3) is 0. The molecule has 7 heavy (non-hydrogen) atoms. The molecule has 38 valence electrons. The molecule has 5 nitrogen and oxygen atoms in total. The summed E-state index contributed by atoms with van der Waals surface area (Å²) in [5.41, 5.74) is 4.26. The Balaban J connectivity index is 3.81. The molecule has 2 N–H and O–H groups in total. The van der Waals surface area contributed by atoms with Gasteiger partial charge in [0.15, 0.2) is 0 Å². The van der Waals surface area contributed by atoms with Gasteiger partial charge in [-0.3, -0.25) is 9.59 Å². The number of rotatable bonds is 0. The van der Waals surface area contributed by atoms with Gasteiger partial charge in [-0.1, -0.05) is 0 Å². The minimum absolute atomic E-state index is 1.32. The van der Waals surface area contributed by atoms with Crippen molar-refractivity contribution >= 4 is 11.8 Å². The van der Waals surface area contributed by atoms with E-state index in [1.807, 2.05) is 0 Å². The number of nitroso groups, excluding NO2 is 1. The molecule has 0 heterocycles. The highest BCUT2D eigenvalue weighted by molar-refractivity contribution is 6.34. The first-order valence-corrected chi connectivity index (χ1v) is 1.35. The van der Waals surface area contributed by atoms with Gasteiger partial charge in [-0.25, -0.2) is 0 Å². The van der Waals surface area contributed by atoms with Crippen LogP contribution in [0.3, 0.4) is 0 Å². The molecular weight excluding hydrogens is 100 g/mol. The van der Waals surface area contributed by atoms with Gasteiger partial charge in [0.05, 0.1) is 0 Å². The molecule has 2 amide bonds. The lowest BCUT2D eigenvalue weighted by atomic mass is 10.6. The van der Waals surface area contributed by atoms with E-state index in [4.69, 9.17) is 4.91 Å². The quantitative estimate of drug-likeness (QED) is 0.306. The van der Waals surface area contributed by atoms with E-state index >= 15 is 0 Å². The van der Waals surface area contributed by atoms with Gasteiger partial charge in [-0.2, -0.15) is 0 Å². The lowest BCUT2D eigenvalue weighted by Gasteiger charge is -1.72. The largest absolute Gasteiger partial charge is 0.373 e. The molecule has 0 aliphatic carbocycles. The van der Waals surface area contributed by atoms with Crippen LogP contribution in [0.25, 0.3) is 0 Å². The van der Waals surface area contributed by atoms with Crippen LogP contribution in [0.5, 0.6) is 0 Å². The normalized spacial score (nSPS) is 7.43. The molecule has 0 aliphatic rings. The zero-order valence-electron chi connectivity index (χ0n) is 3.25. The Morgan fingerprint density at radius 2 is 1.86 bits per heavy atom. The summed E-state index contributed by atoms with van der Waals surface area (Å²) in [7, 11) is 0. The zero-order chi connectivity index (χ0) is 5.86. The molecular formula is C2H2N2O3. The Hall–Kier alpha value is -1.26. The van der Waals surface area contributed by atoms with E-state index in [-0.39, 0.29) is 0 Å². The highest BCUT2D eigenvalue weighted by atomic mass is 16.3. The van der Waals surface area contributed by atoms with Crippen LogP contribution in [0.4, 0.5) is 0 Å². The highest BCUT2D eigenvalue weighted by Gasteiger charge is 2.05. The topological polar surface area (TPSA) is 89.6 Å². The SMILES string of the molecule is NC(=O)C(=O)N=O. The molecule has 0 unspecified atom stereocenters. The van der Waals surface area contributed by atoms with Gasteiger partial charge in [0.25, 0.3) is 0 Å². The van der Waals surface area contributed by atoms with Crippen molar-refractivity contribution in [2.75, 3.05) is 0 Å². The molecule has 0 aliphatic heterocycles. The van der Waals surface area contributed by atoms with Crippen molar-refractivity contribution in [2.24, 2.45) is 10.9 Å². The average Bonchev–Trinajstić information content (AvgIpc) is 1.65. The summed E-state index contributed by atoms with van der Waals surface area (Å²) >= 11 is 0. The second kappa shape index (κ2) is 2.01. The Labute approximate surface area is 38.5 Å².